The van der Waals surface area contributed by atoms with E-state index < -0.39 is 11.9 Å². The molecule has 1 saturated heterocycles. The third kappa shape index (κ3) is 1.90. The molecular formula is C9H11N3O3S. The van der Waals surface area contributed by atoms with Crippen LogP contribution in [0.2, 0.25) is 0 Å². The van der Waals surface area contributed by atoms with Gasteiger partial charge in [-0.25, -0.2) is 0 Å². The van der Waals surface area contributed by atoms with Gasteiger partial charge in [0.15, 0.2) is 0 Å². The van der Waals surface area contributed by atoms with E-state index in [0.29, 0.717) is 11.4 Å². The van der Waals surface area contributed by atoms with Crippen LogP contribution in [-0.2, 0) is 4.79 Å². The molecule has 0 spiro atoms. The van der Waals surface area contributed by atoms with Crippen LogP contribution < -0.4 is 0 Å². The van der Waals surface area contributed by atoms with E-state index in [1.807, 2.05) is 6.92 Å². The van der Waals surface area contributed by atoms with Crippen LogP contribution in [0.15, 0.2) is 6.20 Å². The van der Waals surface area contributed by atoms with Gasteiger partial charge in [0, 0.05) is 13.1 Å². The number of carboxylic acids is 1. The molecule has 1 fully saturated rings. The number of carbonyl (C=O) groups is 2. The van der Waals surface area contributed by atoms with Crippen molar-refractivity contribution < 1.29 is 14.7 Å². The predicted octanol–water partition coefficient (Wildman–Crippen LogP) is 0.331. The van der Waals surface area contributed by atoms with Crippen LogP contribution in [0.3, 0.4) is 0 Å². The highest BCUT2D eigenvalue weighted by atomic mass is 32.1. The normalized spacial score (nSPS) is 24.7. The molecule has 86 valence electrons. The number of aliphatic carboxylic acids is 1. The van der Waals surface area contributed by atoms with E-state index in [1.54, 1.807) is 4.90 Å². The number of hydrogen-bond donors (Lipinski definition) is 1. The Morgan fingerprint density at radius 2 is 2.31 bits per heavy atom. The summed E-state index contributed by atoms with van der Waals surface area (Å²) < 4.78 is 3.62. The van der Waals surface area contributed by atoms with Crippen LogP contribution in [-0.4, -0.2) is 44.6 Å². The van der Waals surface area contributed by atoms with Gasteiger partial charge in [0.1, 0.15) is 4.88 Å². The minimum absolute atomic E-state index is 0.0117. The molecular weight excluding hydrogens is 230 g/mol. The Hall–Kier alpha value is -1.50. The van der Waals surface area contributed by atoms with E-state index in [-0.39, 0.29) is 18.4 Å². The fourth-order valence-electron chi connectivity index (χ4n) is 1.87. The van der Waals surface area contributed by atoms with E-state index in [0.717, 1.165) is 11.5 Å². The summed E-state index contributed by atoms with van der Waals surface area (Å²) in [5, 5.41) is 12.5. The number of carbonyl (C=O) groups excluding carboxylic acids is 1. The van der Waals surface area contributed by atoms with Gasteiger partial charge in [0.25, 0.3) is 5.91 Å². The first-order valence-electron chi connectivity index (χ1n) is 4.89. The van der Waals surface area contributed by atoms with E-state index in [4.69, 9.17) is 5.11 Å². The van der Waals surface area contributed by atoms with Crippen molar-refractivity contribution >= 4 is 23.4 Å². The summed E-state index contributed by atoms with van der Waals surface area (Å²) in [7, 11) is 0. The van der Waals surface area contributed by atoms with Gasteiger partial charge in [0.05, 0.1) is 12.1 Å². The molecule has 2 atom stereocenters. The van der Waals surface area contributed by atoms with Crippen molar-refractivity contribution in [1.82, 2.24) is 14.5 Å². The van der Waals surface area contributed by atoms with E-state index in [9.17, 15) is 9.59 Å². The second kappa shape index (κ2) is 4.17. The van der Waals surface area contributed by atoms with Gasteiger partial charge in [-0.3, -0.25) is 9.59 Å². The molecule has 0 aromatic carbocycles. The van der Waals surface area contributed by atoms with Gasteiger partial charge in [-0.15, -0.1) is 5.10 Å². The molecule has 7 heteroatoms. The molecule has 2 rings (SSSR count). The Kier molecular flexibility index (Phi) is 2.86. The largest absolute Gasteiger partial charge is 0.481 e. The Bertz CT molecular complexity index is 406. The van der Waals surface area contributed by atoms with Gasteiger partial charge >= 0.3 is 5.97 Å². The molecule has 0 aliphatic carbocycles. The maximum Gasteiger partial charge on any atom is 0.308 e. The number of nitrogens with zero attached hydrogens (tertiary/aromatic N) is 3. The zero-order chi connectivity index (χ0) is 11.7. The van der Waals surface area contributed by atoms with Gasteiger partial charge in [-0.2, -0.15) is 0 Å². The predicted molar refractivity (Wildman–Crippen MR) is 56.1 cm³/mol. The molecule has 2 unspecified atom stereocenters. The van der Waals surface area contributed by atoms with Crippen LogP contribution in [0.5, 0.6) is 0 Å². The lowest BCUT2D eigenvalue weighted by Crippen LogP contribution is -2.29. The number of amides is 1. The topological polar surface area (TPSA) is 83.4 Å². The Labute approximate surface area is 96.0 Å². The van der Waals surface area contributed by atoms with E-state index in [2.05, 4.69) is 9.59 Å². The van der Waals surface area contributed by atoms with Crippen molar-refractivity contribution in [1.29, 1.82) is 0 Å². The second-order valence-corrected chi connectivity index (χ2v) is 4.70. The second-order valence-electron chi connectivity index (χ2n) is 3.91. The van der Waals surface area contributed by atoms with Crippen molar-refractivity contribution in [2.24, 2.45) is 11.8 Å². The lowest BCUT2D eigenvalue weighted by Gasteiger charge is -2.13. The highest BCUT2D eigenvalue weighted by Gasteiger charge is 2.37. The van der Waals surface area contributed by atoms with Crippen LogP contribution in [0.25, 0.3) is 0 Å². The molecule has 1 aromatic heterocycles. The zero-order valence-electron chi connectivity index (χ0n) is 8.66. The Balaban J connectivity index is 2.09. The maximum absolute atomic E-state index is 11.9. The number of carboxylic acid groups (broad SMARTS) is 1. The molecule has 1 N–H and O–H groups in total. The summed E-state index contributed by atoms with van der Waals surface area (Å²) in [6.07, 6.45) is 1.41. The SMILES string of the molecule is CC1CN(C(=O)c2cnns2)CC1C(=O)O. The molecule has 1 aromatic rings. The average molecular weight is 241 g/mol. The summed E-state index contributed by atoms with van der Waals surface area (Å²) in [4.78, 5) is 24.8. The summed E-state index contributed by atoms with van der Waals surface area (Å²) in [5.41, 5.74) is 0. The average Bonchev–Trinajstić information content (AvgIpc) is 2.84. The lowest BCUT2D eigenvalue weighted by atomic mass is 9.99. The van der Waals surface area contributed by atoms with Crippen molar-refractivity contribution in [3.8, 4) is 0 Å². The lowest BCUT2D eigenvalue weighted by molar-refractivity contribution is -0.142. The molecule has 0 saturated carbocycles. The number of hydrogen-bond acceptors (Lipinski definition) is 5. The molecule has 0 radical (unpaired) electrons. The summed E-state index contributed by atoms with van der Waals surface area (Å²) >= 11 is 1.03. The minimum Gasteiger partial charge on any atom is -0.481 e. The molecule has 6 nitrogen and oxygen atoms in total. The van der Waals surface area contributed by atoms with E-state index >= 15 is 0 Å². The Morgan fingerprint density at radius 1 is 1.56 bits per heavy atom. The summed E-state index contributed by atoms with van der Waals surface area (Å²) in [6.45, 7) is 2.60. The zero-order valence-corrected chi connectivity index (χ0v) is 9.48. The van der Waals surface area contributed by atoms with Crippen LogP contribution in [0.4, 0.5) is 0 Å². The maximum atomic E-state index is 11.9. The fourth-order valence-corrected chi connectivity index (χ4v) is 2.36. The number of likely N-dealkylation sites (tertiary alicyclic amines) is 1. The molecule has 1 aliphatic rings. The van der Waals surface area contributed by atoms with Crippen LogP contribution in [0.1, 0.15) is 16.6 Å². The van der Waals surface area contributed by atoms with E-state index in [1.165, 1.54) is 6.20 Å². The van der Waals surface area contributed by atoms with Crippen molar-refractivity contribution in [2.45, 2.75) is 6.92 Å². The van der Waals surface area contributed by atoms with Gasteiger partial charge in [-0.05, 0) is 17.5 Å². The van der Waals surface area contributed by atoms with Crippen LogP contribution >= 0.6 is 11.5 Å². The van der Waals surface area contributed by atoms with Crippen molar-refractivity contribution in [2.75, 3.05) is 13.1 Å². The first-order chi connectivity index (χ1) is 7.59. The summed E-state index contributed by atoms with van der Waals surface area (Å²) in [5.74, 6) is -1.50. The monoisotopic (exact) mass is 241 g/mol. The smallest absolute Gasteiger partial charge is 0.308 e. The van der Waals surface area contributed by atoms with Crippen LogP contribution in [0, 0.1) is 11.8 Å². The number of aromatic nitrogens is 2. The molecule has 1 aliphatic heterocycles. The fraction of sp³-hybridized carbons (Fsp3) is 0.556. The van der Waals surface area contributed by atoms with Gasteiger partial charge in [0.2, 0.25) is 0 Å². The Morgan fingerprint density at radius 3 is 2.81 bits per heavy atom. The van der Waals surface area contributed by atoms with Crippen molar-refractivity contribution in [3.05, 3.63) is 11.1 Å². The third-order valence-electron chi connectivity index (χ3n) is 2.79. The van der Waals surface area contributed by atoms with Gasteiger partial charge < -0.3 is 10.0 Å². The quantitative estimate of drug-likeness (QED) is 0.806. The molecule has 0 bridgehead atoms. The third-order valence-corrected chi connectivity index (χ3v) is 3.44. The number of rotatable bonds is 2. The van der Waals surface area contributed by atoms with Gasteiger partial charge in [-0.1, -0.05) is 11.4 Å². The standard InChI is InChI=1S/C9H11N3O3S/c1-5-3-12(4-6(5)9(14)15)8(13)7-2-10-11-16-7/h2,5-6H,3-4H2,1H3,(H,14,15). The summed E-state index contributed by atoms with van der Waals surface area (Å²) in [6, 6.07) is 0. The molecule has 1 amide bonds. The first-order valence-corrected chi connectivity index (χ1v) is 5.66. The van der Waals surface area contributed by atoms with Crippen molar-refractivity contribution in [3.63, 3.8) is 0 Å². The highest BCUT2D eigenvalue weighted by Crippen LogP contribution is 2.24. The first kappa shape index (κ1) is 11.0. The molecule has 2 heterocycles. The highest BCUT2D eigenvalue weighted by molar-refractivity contribution is 7.07. The minimum atomic E-state index is -0.842. The molecule has 16 heavy (non-hydrogen) atoms.